The summed E-state index contributed by atoms with van der Waals surface area (Å²) >= 11 is 5.96. The summed E-state index contributed by atoms with van der Waals surface area (Å²) in [5.74, 6) is -1.36. The Morgan fingerprint density at radius 2 is 1.87 bits per heavy atom. The molecule has 0 N–H and O–H groups in total. The Balaban J connectivity index is 1.59. The van der Waals surface area contributed by atoms with Gasteiger partial charge in [0.2, 0.25) is 0 Å². The first kappa shape index (κ1) is 21.3. The summed E-state index contributed by atoms with van der Waals surface area (Å²) in [5, 5.41) is 0.144. The molecule has 4 rings (SSSR count). The summed E-state index contributed by atoms with van der Waals surface area (Å²) < 4.78 is 47.2. The van der Waals surface area contributed by atoms with Crippen molar-refractivity contribution in [3.05, 3.63) is 94.3 Å². The van der Waals surface area contributed by atoms with Gasteiger partial charge in [-0.25, -0.2) is 17.6 Å². The van der Waals surface area contributed by atoms with Crippen molar-refractivity contribution in [1.82, 2.24) is 0 Å². The third-order valence-electron chi connectivity index (χ3n) is 5.18. The summed E-state index contributed by atoms with van der Waals surface area (Å²) in [6.45, 7) is 1.48. The first-order chi connectivity index (χ1) is 14.8. The van der Waals surface area contributed by atoms with Crippen LogP contribution in [-0.2, 0) is 27.8 Å². The highest BCUT2D eigenvalue weighted by Crippen LogP contribution is 2.36. The summed E-state index contributed by atoms with van der Waals surface area (Å²) in [4.78, 5) is 12.5. The van der Waals surface area contributed by atoms with Gasteiger partial charge in [-0.05, 0) is 55.3 Å². The Morgan fingerprint density at radius 3 is 2.65 bits per heavy atom. The molecule has 0 bridgehead atoms. The van der Waals surface area contributed by atoms with E-state index in [-0.39, 0.29) is 33.7 Å². The second kappa shape index (κ2) is 8.32. The molecule has 1 aliphatic rings. The van der Waals surface area contributed by atoms with Crippen LogP contribution in [0.15, 0.2) is 71.6 Å². The summed E-state index contributed by atoms with van der Waals surface area (Å²) in [5.41, 5.74) is 1.70. The van der Waals surface area contributed by atoms with Gasteiger partial charge >= 0.3 is 5.97 Å². The van der Waals surface area contributed by atoms with E-state index >= 15 is 0 Å². The lowest BCUT2D eigenvalue weighted by Crippen LogP contribution is -2.35. The molecule has 0 aliphatic carbocycles. The van der Waals surface area contributed by atoms with Gasteiger partial charge in [0.25, 0.3) is 10.0 Å². The lowest BCUT2D eigenvalue weighted by Gasteiger charge is -2.24. The fourth-order valence-electron chi connectivity index (χ4n) is 3.69. The monoisotopic (exact) mass is 459 g/mol. The van der Waals surface area contributed by atoms with Crippen LogP contribution in [0.1, 0.15) is 28.4 Å². The number of anilines is 1. The Labute approximate surface area is 185 Å². The van der Waals surface area contributed by atoms with Crippen molar-refractivity contribution in [3.8, 4) is 0 Å². The molecular weight excluding hydrogens is 441 g/mol. The molecule has 1 heterocycles. The maximum absolute atomic E-state index is 13.9. The number of carbonyl (C=O) groups is 1. The second-order valence-corrected chi connectivity index (χ2v) is 9.51. The molecule has 5 nitrogen and oxygen atoms in total. The van der Waals surface area contributed by atoms with E-state index in [9.17, 15) is 17.6 Å². The van der Waals surface area contributed by atoms with Crippen LogP contribution in [0.4, 0.5) is 10.1 Å². The van der Waals surface area contributed by atoms with Crippen LogP contribution >= 0.6 is 11.6 Å². The molecule has 1 aliphatic heterocycles. The quantitative estimate of drug-likeness (QED) is 0.505. The Hall–Kier alpha value is -2.90. The van der Waals surface area contributed by atoms with Gasteiger partial charge in [-0.15, -0.1) is 0 Å². The van der Waals surface area contributed by atoms with Crippen LogP contribution in [0, 0.1) is 5.82 Å². The molecule has 1 atom stereocenters. The fraction of sp³-hybridized carbons (Fsp3) is 0.174. The number of rotatable bonds is 5. The highest BCUT2D eigenvalue weighted by atomic mass is 35.5. The number of ether oxygens (including phenoxy) is 1. The molecule has 3 aromatic carbocycles. The molecule has 0 saturated carbocycles. The summed E-state index contributed by atoms with van der Waals surface area (Å²) in [6.07, 6.45) is 0.612. The van der Waals surface area contributed by atoms with Crippen molar-refractivity contribution >= 4 is 33.3 Å². The average Bonchev–Trinajstić information content (AvgIpc) is 3.09. The zero-order valence-corrected chi connectivity index (χ0v) is 18.2. The first-order valence-corrected chi connectivity index (χ1v) is 11.4. The highest BCUT2D eigenvalue weighted by molar-refractivity contribution is 7.92. The average molecular weight is 460 g/mol. The van der Waals surface area contributed by atoms with Gasteiger partial charge in [0.1, 0.15) is 12.4 Å². The molecule has 0 saturated heterocycles. The topological polar surface area (TPSA) is 63.7 Å². The number of fused-ring (bicyclic) bond motifs is 1. The summed E-state index contributed by atoms with van der Waals surface area (Å²) in [7, 11) is -3.89. The molecule has 0 aromatic heterocycles. The van der Waals surface area contributed by atoms with Crippen LogP contribution in [0.5, 0.6) is 0 Å². The maximum Gasteiger partial charge on any atom is 0.338 e. The standard InChI is InChI=1S/C23H19ClFNO4S/c1-15-12-16-6-2-3-11-22(16)26(15)31(28,29)18-8-4-7-17(13-18)23(27)30-14-19-20(24)9-5-10-21(19)25/h2-11,13,15H,12,14H2,1H3. The van der Waals surface area contributed by atoms with E-state index in [2.05, 4.69) is 0 Å². The van der Waals surface area contributed by atoms with Crippen LogP contribution in [-0.4, -0.2) is 20.4 Å². The van der Waals surface area contributed by atoms with Crippen molar-refractivity contribution < 1.29 is 22.3 Å². The van der Waals surface area contributed by atoms with Crippen molar-refractivity contribution in [1.29, 1.82) is 0 Å². The molecule has 31 heavy (non-hydrogen) atoms. The zero-order valence-electron chi connectivity index (χ0n) is 16.6. The van der Waals surface area contributed by atoms with Gasteiger partial charge in [0.05, 0.1) is 21.2 Å². The van der Waals surface area contributed by atoms with Crippen molar-refractivity contribution in [2.45, 2.75) is 30.9 Å². The van der Waals surface area contributed by atoms with E-state index in [1.807, 2.05) is 19.1 Å². The number of benzene rings is 3. The molecule has 0 fully saturated rings. The lowest BCUT2D eigenvalue weighted by atomic mass is 10.1. The van der Waals surface area contributed by atoms with Gasteiger partial charge in [0.15, 0.2) is 0 Å². The molecule has 0 radical (unpaired) electrons. The van der Waals surface area contributed by atoms with E-state index in [1.165, 1.54) is 46.8 Å². The van der Waals surface area contributed by atoms with Crippen molar-refractivity contribution in [3.63, 3.8) is 0 Å². The van der Waals surface area contributed by atoms with E-state index in [4.69, 9.17) is 16.3 Å². The minimum Gasteiger partial charge on any atom is -0.457 e. The van der Waals surface area contributed by atoms with Crippen molar-refractivity contribution in [2.24, 2.45) is 0 Å². The molecule has 3 aromatic rings. The number of carbonyl (C=O) groups excluding carboxylic acids is 1. The zero-order chi connectivity index (χ0) is 22.2. The Morgan fingerprint density at radius 1 is 1.13 bits per heavy atom. The lowest BCUT2D eigenvalue weighted by molar-refractivity contribution is 0.0469. The van der Waals surface area contributed by atoms with E-state index < -0.39 is 21.8 Å². The fourth-order valence-corrected chi connectivity index (χ4v) is 5.65. The predicted molar refractivity (Wildman–Crippen MR) is 116 cm³/mol. The number of halogens is 2. The molecule has 0 amide bonds. The molecular formula is C23H19ClFNO4S. The van der Waals surface area contributed by atoms with Crippen molar-refractivity contribution in [2.75, 3.05) is 4.31 Å². The van der Waals surface area contributed by atoms with Crippen LogP contribution in [0.2, 0.25) is 5.02 Å². The van der Waals surface area contributed by atoms with Crippen LogP contribution < -0.4 is 4.31 Å². The molecule has 8 heteroatoms. The SMILES string of the molecule is CC1Cc2ccccc2N1S(=O)(=O)c1cccc(C(=O)OCc2c(F)cccc2Cl)c1. The van der Waals surface area contributed by atoms with E-state index in [1.54, 1.807) is 12.1 Å². The minimum atomic E-state index is -3.89. The number of para-hydroxylation sites is 1. The van der Waals surface area contributed by atoms with Crippen LogP contribution in [0.25, 0.3) is 0 Å². The van der Waals surface area contributed by atoms with Crippen LogP contribution in [0.3, 0.4) is 0 Å². The number of hydrogen-bond donors (Lipinski definition) is 0. The third kappa shape index (κ3) is 4.03. The van der Waals surface area contributed by atoms with E-state index in [0.717, 1.165) is 5.56 Å². The predicted octanol–water partition coefficient (Wildman–Crippen LogP) is 4.98. The minimum absolute atomic E-state index is 0.0190. The van der Waals surface area contributed by atoms with Gasteiger partial charge in [-0.3, -0.25) is 4.31 Å². The summed E-state index contributed by atoms with van der Waals surface area (Å²) in [6, 6.07) is 16.9. The maximum atomic E-state index is 13.9. The normalized spacial score (nSPS) is 15.6. The smallest absolute Gasteiger partial charge is 0.338 e. The number of sulfonamides is 1. The Bertz CT molecular complexity index is 1240. The van der Waals surface area contributed by atoms with Gasteiger partial charge in [0, 0.05) is 11.6 Å². The molecule has 1 unspecified atom stereocenters. The Kier molecular flexibility index (Phi) is 5.73. The highest BCUT2D eigenvalue weighted by Gasteiger charge is 2.36. The third-order valence-corrected chi connectivity index (χ3v) is 7.46. The van der Waals surface area contributed by atoms with E-state index in [0.29, 0.717) is 12.1 Å². The second-order valence-electron chi connectivity index (χ2n) is 7.29. The first-order valence-electron chi connectivity index (χ1n) is 9.61. The number of esters is 1. The van der Waals surface area contributed by atoms with Gasteiger partial charge < -0.3 is 4.74 Å². The van der Waals surface area contributed by atoms with Gasteiger partial charge in [-0.2, -0.15) is 0 Å². The molecule has 0 spiro atoms. The number of hydrogen-bond acceptors (Lipinski definition) is 4. The largest absolute Gasteiger partial charge is 0.457 e. The number of nitrogens with zero attached hydrogens (tertiary/aromatic N) is 1. The molecule has 160 valence electrons. The van der Waals surface area contributed by atoms with Gasteiger partial charge in [-0.1, -0.05) is 41.9 Å².